The van der Waals surface area contributed by atoms with Crippen molar-refractivity contribution in [2.75, 3.05) is 14.2 Å². The van der Waals surface area contributed by atoms with E-state index in [2.05, 4.69) is 5.32 Å². The number of aliphatic carboxylic acids is 1. The van der Waals surface area contributed by atoms with Gasteiger partial charge in [0.15, 0.2) is 6.04 Å². The van der Waals surface area contributed by atoms with Gasteiger partial charge in [-0.2, -0.15) is 0 Å². The molecule has 0 bridgehead atoms. The highest BCUT2D eigenvalue weighted by atomic mass is 32.1. The Kier molecular flexibility index (Phi) is 5.72. The first-order valence-corrected chi connectivity index (χ1v) is 7.67. The molecule has 7 heteroatoms. The summed E-state index contributed by atoms with van der Waals surface area (Å²) in [5, 5.41) is 13.7. The minimum atomic E-state index is -1.13. The summed E-state index contributed by atoms with van der Waals surface area (Å²) in [6, 6.07) is 7.18. The number of ether oxygens (including phenoxy) is 2. The van der Waals surface area contributed by atoms with Gasteiger partial charge in [0.05, 0.1) is 18.6 Å². The minimum absolute atomic E-state index is 0.298. The molecule has 1 aromatic heterocycles. The van der Waals surface area contributed by atoms with Crippen molar-refractivity contribution in [2.45, 2.75) is 12.6 Å². The van der Waals surface area contributed by atoms with Gasteiger partial charge in [-0.15, -0.1) is 11.3 Å². The molecule has 0 radical (unpaired) electrons. The van der Waals surface area contributed by atoms with E-state index in [9.17, 15) is 14.7 Å². The molecule has 1 heterocycles. The summed E-state index contributed by atoms with van der Waals surface area (Å²) >= 11 is 1.25. The van der Waals surface area contributed by atoms with Gasteiger partial charge < -0.3 is 19.9 Å². The van der Waals surface area contributed by atoms with Crippen molar-refractivity contribution in [3.8, 4) is 5.75 Å². The lowest BCUT2D eigenvalue weighted by Gasteiger charge is -2.15. The van der Waals surface area contributed by atoms with Crippen molar-refractivity contribution in [2.24, 2.45) is 0 Å². The average Bonchev–Trinajstić information content (AvgIpc) is 3.01. The van der Waals surface area contributed by atoms with Crippen LogP contribution in [0.2, 0.25) is 0 Å². The van der Waals surface area contributed by atoms with Crippen molar-refractivity contribution in [3.63, 3.8) is 0 Å². The van der Waals surface area contributed by atoms with E-state index < -0.39 is 17.9 Å². The molecule has 1 aromatic carbocycles. The van der Waals surface area contributed by atoms with Crippen LogP contribution in [0.5, 0.6) is 5.75 Å². The molecular weight excluding hydrogens is 318 g/mol. The van der Waals surface area contributed by atoms with Crippen LogP contribution in [0.25, 0.3) is 0 Å². The number of amides is 1. The highest BCUT2D eigenvalue weighted by Gasteiger charge is 2.24. The van der Waals surface area contributed by atoms with Crippen LogP contribution in [0, 0.1) is 0 Å². The Balaban J connectivity index is 2.20. The molecule has 0 fully saturated rings. The molecule has 1 unspecified atom stereocenters. The van der Waals surface area contributed by atoms with Gasteiger partial charge in [0, 0.05) is 12.7 Å². The van der Waals surface area contributed by atoms with Crippen LogP contribution < -0.4 is 10.1 Å². The highest BCUT2D eigenvalue weighted by Crippen LogP contribution is 2.21. The van der Waals surface area contributed by atoms with Gasteiger partial charge in [0.25, 0.3) is 5.91 Å². The highest BCUT2D eigenvalue weighted by molar-refractivity contribution is 7.12. The molecule has 0 aliphatic heterocycles. The normalized spacial score (nSPS) is 11.7. The molecule has 0 spiro atoms. The zero-order valence-electron chi connectivity index (χ0n) is 12.7. The molecule has 23 heavy (non-hydrogen) atoms. The van der Waals surface area contributed by atoms with Crippen LogP contribution in [0.3, 0.4) is 0 Å². The molecule has 6 nitrogen and oxygen atoms in total. The number of carboxylic acids is 1. The predicted molar refractivity (Wildman–Crippen MR) is 85.9 cm³/mol. The summed E-state index contributed by atoms with van der Waals surface area (Å²) in [5.74, 6) is -0.950. The second-order valence-corrected chi connectivity index (χ2v) is 5.64. The molecule has 2 aromatic rings. The first kappa shape index (κ1) is 17.0. The van der Waals surface area contributed by atoms with Gasteiger partial charge in [-0.1, -0.05) is 12.1 Å². The number of carbonyl (C=O) groups is 2. The molecule has 0 saturated heterocycles. The summed E-state index contributed by atoms with van der Waals surface area (Å²) in [4.78, 5) is 24.3. The SMILES string of the molecule is COCc1ccsc1C(=O)NC(C(=O)O)c1ccc(OC)cc1. The lowest BCUT2D eigenvalue weighted by molar-refractivity contribution is -0.139. The second-order valence-electron chi connectivity index (χ2n) is 4.73. The van der Waals surface area contributed by atoms with Gasteiger partial charge >= 0.3 is 5.97 Å². The van der Waals surface area contributed by atoms with Crippen LogP contribution in [-0.4, -0.2) is 31.2 Å². The van der Waals surface area contributed by atoms with E-state index in [0.29, 0.717) is 22.8 Å². The summed E-state index contributed by atoms with van der Waals surface area (Å²) < 4.78 is 10.1. The van der Waals surface area contributed by atoms with Crippen molar-refractivity contribution in [3.05, 3.63) is 51.7 Å². The molecule has 2 N–H and O–H groups in total. The summed E-state index contributed by atoms with van der Waals surface area (Å²) in [5.41, 5.74) is 1.20. The molecule has 0 aliphatic carbocycles. The van der Waals surface area contributed by atoms with Crippen molar-refractivity contribution >= 4 is 23.2 Å². The number of rotatable bonds is 7. The number of benzene rings is 1. The Morgan fingerprint density at radius 3 is 2.48 bits per heavy atom. The van der Waals surface area contributed by atoms with E-state index in [1.165, 1.54) is 25.6 Å². The predicted octanol–water partition coefficient (Wildman–Crippen LogP) is 2.46. The number of carboxylic acid groups (broad SMARTS) is 1. The van der Waals surface area contributed by atoms with E-state index in [1.54, 1.807) is 35.7 Å². The molecule has 0 saturated carbocycles. The number of thiophene rings is 1. The topological polar surface area (TPSA) is 84.9 Å². The van der Waals surface area contributed by atoms with E-state index in [-0.39, 0.29) is 0 Å². The molecule has 1 atom stereocenters. The zero-order chi connectivity index (χ0) is 16.8. The Bertz CT molecular complexity index is 680. The van der Waals surface area contributed by atoms with Gasteiger partial charge in [0.2, 0.25) is 0 Å². The monoisotopic (exact) mass is 335 g/mol. The van der Waals surface area contributed by atoms with Crippen molar-refractivity contribution in [1.82, 2.24) is 5.32 Å². The maximum atomic E-state index is 12.4. The summed E-state index contributed by atoms with van der Waals surface area (Å²) in [6.45, 7) is 0.298. The number of nitrogens with one attached hydrogen (secondary N) is 1. The number of methoxy groups -OCH3 is 2. The minimum Gasteiger partial charge on any atom is -0.497 e. The summed E-state index contributed by atoms with van der Waals surface area (Å²) in [7, 11) is 3.07. The quantitative estimate of drug-likeness (QED) is 0.812. The third kappa shape index (κ3) is 4.08. The lowest BCUT2D eigenvalue weighted by atomic mass is 10.1. The number of hydrogen-bond donors (Lipinski definition) is 2. The smallest absolute Gasteiger partial charge is 0.330 e. The van der Waals surface area contributed by atoms with E-state index >= 15 is 0 Å². The Morgan fingerprint density at radius 2 is 1.91 bits per heavy atom. The first-order chi connectivity index (χ1) is 11.1. The number of carbonyl (C=O) groups excluding carboxylic acids is 1. The fraction of sp³-hybridized carbons (Fsp3) is 0.250. The van der Waals surface area contributed by atoms with E-state index in [4.69, 9.17) is 9.47 Å². The molecule has 2 rings (SSSR count). The first-order valence-electron chi connectivity index (χ1n) is 6.79. The van der Waals surface area contributed by atoms with Gasteiger partial charge in [-0.3, -0.25) is 4.79 Å². The van der Waals surface area contributed by atoms with Gasteiger partial charge in [0.1, 0.15) is 5.75 Å². The maximum Gasteiger partial charge on any atom is 0.330 e. The Labute approximate surface area is 137 Å². The largest absolute Gasteiger partial charge is 0.497 e. The van der Waals surface area contributed by atoms with E-state index in [0.717, 1.165) is 5.56 Å². The molecule has 0 aliphatic rings. The van der Waals surface area contributed by atoms with Gasteiger partial charge in [-0.25, -0.2) is 4.79 Å². The van der Waals surface area contributed by atoms with Crippen LogP contribution in [0.1, 0.15) is 26.8 Å². The lowest BCUT2D eigenvalue weighted by Crippen LogP contribution is -2.33. The fourth-order valence-corrected chi connectivity index (χ4v) is 2.90. The fourth-order valence-electron chi connectivity index (χ4n) is 2.08. The molecule has 122 valence electrons. The average molecular weight is 335 g/mol. The van der Waals surface area contributed by atoms with Crippen LogP contribution >= 0.6 is 11.3 Å². The van der Waals surface area contributed by atoms with Crippen LogP contribution in [0.15, 0.2) is 35.7 Å². The third-order valence-electron chi connectivity index (χ3n) is 3.22. The summed E-state index contributed by atoms with van der Waals surface area (Å²) in [6.07, 6.45) is 0. The standard InChI is InChI=1S/C16H17NO5S/c1-21-9-11-7-8-23-14(11)15(18)17-13(16(19)20)10-3-5-12(22-2)6-4-10/h3-8,13H,9H2,1-2H3,(H,17,18)(H,19,20). The molecular formula is C16H17NO5S. The van der Waals surface area contributed by atoms with Crippen LogP contribution in [-0.2, 0) is 16.1 Å². The Hall–Kier alpha value is -2.38. The molecule has 1 amide bonds. The van der Waals surface area contributed by atoms with Crippen molar-refractivity contribution < 1.29 is 24.2 Å². The second kappa shape index (κ2) is 7.75. The Morgan fingerprint density at radius 1 is 1.22 bits per heavy atom. The third-order valence-corrected chi connectivity index (χ3v) is 4.18. The van der Waals surface area contributed by atoms with Crippen molar-refractivity contribution in [1.29, 1.82) is 0 Å². The maximum absolute atomic E-state index is 12.4. The van der Waals surface area contributed by atoms with Gasteiger partial charge in [-0.05, 0) is 29.1 Å². The zero-order valence-corrected chi connectivity index (χ0v) is 13.6. The number of hydrogen-bond acceptors (Lipinski definition) is 5. The van der Waals surface area contributed by atoms with Crippen LogP contribution in [0.4, 0.5) is 0 Å². The van der Waals surface area contributed by atoms with E-state index in [1.807, 2.05) is 0 Å².